The van der Waals surface area contributed by atoms with Crippen molar-refractivity contribution in [3.8, 4) is 0 Å². The van der Waals surface area contributed by atoms with Gasteiger partial charge < -0.3 is 20.4 Å². The lowest BCUT2D eigenvalue weighted by molar-refractivity contribution is 0.0527. The van der Waals surface area contributed by atoms with Crippen LogP contribution in [0.2, 0.25) is 0 Å². The van der Waals surface area contributed by atoms with Gasteiger partial charge in [0.2, 0.25) is 5.95 Å². The van der Waals surface area contributed by atoms with E-state index < -0.39 is 5.97 Å². The van der Waals surface area contributed by atoms with Crippen LogP contribution in [0.15, 0.2) is 24.9 Å². The number of nitrogens with two attached hydrogens (primary N) is 1. The quantitative estimate of drug-likeness (QED) is 0.577. The summed E-state index contributed by atoms with van der Waals surface area (Å²) in [4.78, 5) is 23.6. The third-order valence-corrected chi connectivity index (χ3v) is 2.75. The molecule has 0 unspecified atom stereocenters. The van der Waals surface area contributed by atoms with Crippen molar-refractivity contribution in [2.75, 3.05) is 24.2 Å². The van der Waals surface area contributed by atoms with Crippen molar-refractivity contribution in [2.24, 2.45) is 0 Å². The summed E-state index contributed by atoms with van der Waals surface area (Å²) in [5.74, 6) is -0.00611. The molecule has 21 heavy (non-hydrogen) atoms. The minimum Gasteiger partial charge on any atom is -0.462 e. The second-order valence-electron chi connectivity index (χ2n) is 4.29. The molecule has 0 radical (unpaired) electrons. The lowest BCUT2D eigenvalue weighted by Crippen LogP contribution is -2.13. The first-order valence-corrected chi connectivity index (χ1v) is 6.70. The lowest BCUT2D eigenvalue weighted by Gasteiger charge is -2.08. The summed E-state index contributed by atoms with van der Waals surface area (Å²) in [6, 6.07) is 0. The average Bonchev–Trinajstić information content (AvgIpc) is 2.97. The molecule has 0 aliphatic rings. The van der Waals surface area contributed by atoms with Crippen LogP contribution in [0.25, 0.3) is 0 Å². The number of carbonyl (C=O) groups excluding carboxylic acids is 1. The zero-order chi connectivity index (χ0) is 15.1. The highest BCUT2D eigenvalue weighted by atomic mass is 16.5. The fourth-order valence-electron chi connectivity index (χ4n) is 1.73. The zero-order valence-corrected chi connectivity index (χ0v) is 11.8. The molecule has 0 saturated carbocycles. The number of aryl methyl sites for hydroxylation is 1. The van der Waals surface area contributed by atoms with E-state index in [1.807, 2.05) is 10.8 Å². The maximum Gasteiger partial charge on any atom is 0.343 e. The number of nitrogens with zero attached hydrogens (tertiary/aromatic N) is 4. The van der Waals surface area contributed by atoms with Crippen molar-refractivity contribution in [2.45, 2.75) is 19.9 Å². The molecule has 0 amide bonds. The third-order valence-electron chi connectivity index (χ3n) is 2.75. The average molecular weight is 290 g/mol. The second kappa shape index (κ2) is 7.22. The van der Waals surface area contributed by atoms with Crippen LogP contribution >= 0.6 is 0 Å². The molecular formula is C13H18N6O2. The Labute approximate surface area is 122 Å². The number of nitrogens with one attached hydrogen (secondary N) is 1. The monoisotopic (exact) mass is 290 g/mol. The van der Waals surface area contributed by atoms with E-state index in [1.54, 1.807) is 19.4 Å². The summed E-state index contributed by atoms with van der Waals surface area (Å²) in [5.41, 5.74) is 5.91. The minimum atomic E-state index is -0.512. The molecular weight excluding hydrogens is 272 g/mol. The number of nitrogen functional groups attached to an aromatic ring is 1. The fourth-order valence-corrected chi connectivity index (χ4v) is 1.73. The first kappa shape index (κ1) is 14.8. The van der Waals surface area contributed by atoms with E-state index in [1.165, 1.54) is 6.20 Å². The molecule has 0 aromatic carbocycles. The summed E-state index contributed by atoms with van der Waals surface area (Å²) < 4.78 is 6.85. The maximum absolute atomic E-state index is 11.6. The number of hydrogen-bond acceptors (Lipinski definition) is 7. The van der Waals surface area contributed by atoms with Crippen LogP contribution < -0.4 is 11.1 Å². The molecule has 0 saturated heterocycles. The van der Waals surface area contributed by atoms with E-state index in [-0.39, 0.29) is 18.0 Å². The Morgan fingerprint density at radius 2 is 2.38 bits per heavy atom. The van der Waals surface area contributed by atoms with Crippen molar-refractivity contribution in [3.05, 3.63) is 30.5 Å². The molecule has 8 nitrogen and oxygen atoms in total. The Kier molecular flexibility index (Phi) is 5.08. The lowest BCUT2D eigenvalue weighted by atomic mass is 10.3. The predicted molar refractivity (Wildman–Crippen MR) is 77.7 cm³/mol. The largest absolute Gasteiger partial charge is 0.462 e. The van der Waals surface area contributed by atoms with Crippen LogP contribution in [-0.4, -0.2) is 38.6 Å². The molecule has 0 fully saturated rings. The highest BCUT2D eigenvalue weighted by molar-refractivity contribution is 5.93. The Morgan fingerprint density at radius 1 is 1.52 bits per heavy atom. The fraction of sp³-hybridized carbons (Fsp3) is 0.385. The Hall–Kier alpha value is -2.64. The molecule has 0 aliphatic carbocycles. The topological polar surface area (TPSA) is 108 Å². The van der Waals surface area contributed by atoms with Crippen LogP contribution in [0.5, 0.6) is 0 Å². The van der Waals surface area contributed by atoms with Crippen molar-refractivity contribution in [1.29, 1.82) is 0 Å². The van der Waals surface area contributed by atoms with E-state index in [0.717, 1.165) is 13.0 Å². The van der Waals surface area contributed by atoms with Gasteiger partial charge in [-0.3, -0.25) is 0 Å². The van der Waals surface area contributed by atoms with Crippen molar-refractivity contribution >= 4 is 17.7 Å². The van der Waals surface area contributed by atoms with Crippen molar-refractivity contribution < 1.29 is 9.53 Å². The second-order valence-corrected chi connectivity index (χ2v) is 4.29. The van der Waals surface area contributed by atoms with E-state index >= 15 is 0 Å². The molecule has 8 heteroatoms. The maximum atomic E-state index is 11.6. The van der Waals surface area contributed by atoms with Crippen LogP contribution in [0.3, 0.4) is 0 Å². The molecule has 0 aliphatic heterocycles. The summed E-state index contributed by atoms with van der Waals surface area (Å²) in [7, 11) is 0. The summed E-state index contributed by atoms with van der Waals surface area (Å²) in [6.07, 6.45) is 7.67. The van der Waals surface area contributed by atoms with Gasteiger partial charge in [0.1, 0.15) is 11.4 Å². The first-order chi connectivity index (χ1) is 10.2. The number of aromatic nitrogens is 4. The van der Waals surface area contributed by atoms with Gasteiger partial charge >= 0.3 is 5.97 Å². The van der Waals surface area contributed by atoms with Gasteiger partial charge in [-0.2, -0.15) is 4.98 Å². The van der Waals surface area contributed by atoms with Crippen LogP contribution in [0, 0.1) is 0 Å². The van der Waals surface area contributed by atoms with Gasteiger partial charge in [0.15, 0.2) is 0 Å². The number of ether oxygens (including phenoxy) is 1. The van der Waals surface area contributed by atoms with Gasteiger partial charge in [0.25, 0.3) is 0 Å². The molecule has 2 aromatic heterocycles. The molecule has 0 bridgehead atoms. The molecule has 2 heterocycles. The van der Waals surface area contributed by atoms with Crippen LogP contribution in [0.4, 0.5) is 11.8 Å². The summed E-state index contributed by atoms with van der Waals surface area (Å²) in [5, 5.41) is 3.06. The smallest absolute Gasteiger partial charge is 0.343 e. The standard InChI is InChI=1S/C13H18N6O2/c1-2-21-12(20)10-8-17-13(18-11(10)14)16-4-3-6-19-7-5-15-9-19/h5,7-9H,2-4,6H2,1H3,(H3,14,16,17,18). The molecule has 3 N–H and O–H groups in total. The molecule has 0 atom stereocenters. The van der Waals surface area contributed by atoms with Crippen LogP contribution in [0.1, 0.15) is 23.7 Å². The Morgan fingerprint density at radius 3 is 3.05 bits per heavy atom. The van der Waals surface area contributed by atoms with Crippen molar-refractivity contribution in [3.63, 3.8) is 0 Å². The van der Waals surface area contributed by atoms with Gasteiger partial charge in [0, 0.05) is 31.7 Å². The number of anilines is 2. The molecule has 112 valence electrons. The molecule has 0 spiro atoms. The van der Waals surface area contributed by atoms with Gasteiger partial charge in [-0.1, -0.05) is 0 Å². The normalized spacial score (nSPS) is 10.3. The number of hydrogen-bond donors (Lipinski definition) is 2. The zero-order valence-electron chi connectivity index (χ0n) is 11.8. The molecule has 2 rings (SSSR count). The summed E-state index contributed by atoms with van der Waals surface area (Å²) >= 11 is 0. The predicted octanol–water partition coefficient (Wildman–Crippen LogP) is 0.934. The number of carbonyl (C=O) groups is 1. The van der Waals surface area contributed by atoms with Gasteiger partial charge in [-0.15, -0.1) is 0 Å². The van der Waals surface area contributed by atoms with Gasteiger partial charge in [-0.25, -0.2) is 14.8 Å². The van der Waals surface area contributed by atoms with E-state index in [0.29, 0.717) is 12.5 Å². The first-order valence-electron chi connectivity index (χ1n) is 6.70. The van der Waals surface area contributed by atoms with E-state index in [4.69, 9.17) is 10.5 Å². The van der Waals surface area contributed by atoms with Crippen LogP contribution in [-0.2, 0) is 11.3 Å². The Bertz CT molecular complexity index is 584. The minimum absolute atomic E-state index is 0.112. The van der Waals surface area contributed by atoms with E-state index in [2.05, 4.69) is 20.3 Å². The van der Waals surface area contributed by atoms with Gasteiger partial charge in [-0.05, 0) is 13.3 Å². The molecule has 2 aromatic rings. The SMILES string of the molecule is CCOC(=O)c1cnc(NCCCn2ccnc2)nc1N. The third kappa shape index (κ3) is 4.16. The van der Waals surface area contributed by atoms with Gasteiger partial charge in [0.05, 0.1) is 12.9 Å². The Balaban J connectivity index is 1.84. The highest BCUT2D eigenvalue weighted by Gasteiger charge is 2.13. The summed E-state index contributed by atoms with van der Waals surface area (Å²) in [6.45, 7) is 3.55. The highest BCUT2D eigenvalue weighted by Crippen LogP contribution is 2.11. The number of esters is 1. The number of rotatable bonds is 7. The number of imidazole rings is 1. The van der Waals surface area contributed by atoms with Crippen molar-refractivity contribution in [1.82, 2.24) is 19.5 Å². The van der Waals surface area contributed by atoms with E-state index in [9.17, 15) is 4.79 Å².